The van der Waals surface area contributed by atoms with Gasteiger partial charge in [-0.3, -0.25) is 0 Å². The number of nitrogens with zero attached hydrogens (tertiary/aromatic N) is 2. The molecule has 57 heavy (non-hydrogen) atoms. The Morgan fingerprint density at radius 2 is 0.912 bits per heavy atom. The van der Waals surface area contributed by atoms with Crippen LogP contribution in [-0.2, 0) is 5.41 Å². The van der Waals surface area contributed by atoms with Crippen LogP contribution in [0.4, 0.5) is 17.1 Å². The van der Waals surface area contributed by atoms with E-state index in [1.165, 1.54) is 77.1 Å². The maximum atomic E-state index is 2.49. The predicted molar refractivity (Wildman–Crippen MR) is 241 cm³/mol. The first-order chi connectivity index (χ1) is 28.0. The van der Waals surface area contributed by atoms with Crippen LogP contribution >= 0.6 is 0 Å². The van der Waals surface area contributed by atoms with Gasteiger partial charge >= 0.3 is 0 Å². The second-order valence-electron chi connectivity index (χ2n) is 15.8. The van der Waals surface area contributed by atoms with E-state index in [0.29, 0.717) is 0 Å². The number of aromatic nitrogens is 1. The number of fused-ring (bicyclic) bond motifs is 8. The standard InChI is InChI=1S/C55H40N2/c1-55(2)49-25-15-14-22-44(49)47-34-48-51(35-50(47)55)57(42-20-10-5-11-21-42)53-36-52(45-23-12-13-24-46(45)54(48)53)56(41-18-8-4-9-19-41)43-32-30-40(31-33-43)39-28-26-38(27-29-39)37-16-6-3-7-17-37/h3-36H,1-2H3. The number of rotatable bonds is 6. The molecule has 0 saturated heterocycles. The summed E-state index contributed by atoms with van der Waals surface area (Å²) in [5.41, 5.74) is 17.1. The molecule has 0 spiro atoms. The maximum absolute atomic E-state index is 2.49. The van der Waals surface area contributed by atoms with Crippen molar-refractivity contribution < 1.29 is 0 Å². The predicted octanol–water partition coefficient (Wildman–Crippen LogP) is 15.0. The van der Waals surface area contributed by atoms with Crippen LogP contribution in [0.25, 0.3) is 71.6 Å². The van der Waals surface area contributed by atoms with Crippen LogP contribution in [0.15, 0.2) is 206 Å². The number of anilines is 3. The molecule has 1 heterocycles. The van der Waals surface area contributed by atoms with E-state index in [0.717, 1.165) is 22.7 Å². The van der Waals surface area contributed by atoms with E-state index >= 15 is 0 Å². The summed E-state index contributed by atoms with van der Waals surface area (Å²) in [4.78, 5) is 2.43. The van der Waals surface area contributed by atoms with Crippen LogP contribution in [0.3, 0.4) is 0 Å². The Morgan fingerprint density at radius 1 is 0.386 bits per heavy atom. The summed E-state index contributed by atoms with van der Waals surface area (Å²) >= 11 is 0. The van der Waals surface area contributed by atoms with Crippen molar-refractivity contribution in [2.75, 3.05) is 4.90 Å². The fourth-order valence-electron chi connectivity index (χ4n) is 9.39. The van der Waals surface area contributed by atoms with Crippen molar-refractivity contribution in [3.63, 3.8) is 0 Å². The number of para-hydroxylation sites is 2. The van der Waals surface area contributed by atoms with Gasteiger partial charge in [-0.15, -0.1) is 0 Å². The van der Waals surface area contributed by atoms with Crippen molar-refractivity contribution in [2.24, 2.45) is 0 Å². The van der Waals surface area contributed by atoms with E-state index < -0.39 is 0 Å². The Hall–Kier alpha value is -7.16. The number of hydrogen-bond acceptors (Lipinski definition) is 1. The molecule has 0 fully saturated rings. The second kappa shape index (κ2) is 13.0. The molecule has 1 aromatic heterocycles. The first-order valence-electron chi connectivity index (χ1n) is 19.9. The van der Waals surface area contributed by atoms with Gasteiger partial charge in [0.25, 0.3) is 0 Å². The van der Waals surface area contributed by atoms with Gasteiger partial charge < -0.3 is 9.47 Å². The van der Waals surface area contributed by atoms with E-state index in [1.807, 2.05) is 0 Å². The highest BCUT2D eigenvalue weighted by atomic mass is 15.1. The van der Waals surface area contributed by atoms with Crippen LogP contribution in [0.1, 0.15) is 25.0 Å². The molecule has 10 aromatic rings. The molecule has 0 saturated carbocycles. The molecule has 0 radical (unpaired) electrons. The minimum absolute atomic E-state index is 0.106. The van der Waals surface area contributed by atoms with Gasteiger partial charge in [0.05, 0.1) is 16.7 Å². The lowest BCUT2D eigenvalue weighted by molar-refractivity contribution is 0.661. The first-order valence-corrected chi connectivity index (χ1v) is 19.9. The quantitative estimate of drug-likeness (QED) is 0.165. The highest BCUT2D eigenvalue weighted by molar-refractivity contribution is 6.25. The normalized spacial score (nSPS) is 12.9. The lowest BCUT2D eigenvalue weighted by atomic mass is 9.82. The molecule has 2 nitrogen and oxygen atoms in total. The minimum atomic E-state index is -0.106. The molecule has 270 valence electrons. The fourth-order valence-corrected chi connectivity index (χ4v) is 9.39. The molecule has 2 heteroatoms. The molecule has 0 unspecified atom stereocenters. The second-order valence-corrected chi connectivity index (χ2v) is 15.8. The Morgan fingerprint density at radius 3 is 1.60 bits per heavy atom. The molecule has 11 rings (SSSR count). The molecule has 0 aliphatic heterocycles. The van der Waals surface area contributed by atoms with Crippen molar-refractivity contribution in [3.8, 4) is 39.1 Å². The smallest absolute Gasteiger partial charge is 0.0568 e. The molecule has 0 bridgehead atoms. The van der Waals surface area contributed by atoms with E-state index in [2.05, 4.69) is 230 Å². The summed E-state index contributed by atoms with van der Waals surface area (Å²) in [6.45, 7) is 4.74. The van der Waals surface area contributed by atoms with Crippen molar-refractivity contribution in [1.82, 2.24) is 4.57 Å². The largest absolute Gasteiger partial charge is 0.310 e. The third-order valence-corrected chi connectivity index (χ3v) is 12.2. The summed E-state index contributed by atoms with van der Waals surface area (Å²) in [6.07, 6.45) is 0. The highest BCUT2D eigenvalue weighted by Crippen LogP contribution is 2.52. The first kappa shape index (κ1) is 33.2. The van der Waals surface area contributed by atoms with Gasteiger partial charge in [-0.2, -0.15) is 0 Å². The van der Waals surface area contributed by atoms with Gasteiger partial charge in [0.2, 0.25) is 0 Å². The third kappa shape index (κ3) is 5.25. The van der Waals surface area contributed by atoms with Crippen molar-refractivity contribution in [2.45, 2.75) is 19.3 Å². The third-order valence-electron chi connectivity index (χ3n) is 12.2. The Labute approximate surface area is 333 Å². The lowest BCUT2D eigenvalue weighted by Gasteiger charge is -2.27. The van der Waals surface area contributed by atoms with Crippen LogP contribution in [-0.4, -0.2) is 4.57 Å². The van der Waals surface area contributed by atoms with Gasteiger partial charge in [-0.25, -0.2) is 0 Å². The van der Waals surface area contributed by atoms with E-state index in [-0.39, 0.29) is 5.41 Å². The molecule has 0 N–H and O–H groups in total. The average molecular weight is 729 g/mol. The lowest BCUT2D eigenvalue weighted by Crippen LogP contribution is -2.14. The number of hydrogen-bond donors (Lipinski definition) is 0. The molecular weight excluding hydrogens is 689 g/mol. The zero-order valence-electron chi connectivity index (χ0n) is 32.0. The van der Waals surface area contributed by atoms with Gasteiger partial charge in [-0.05, 0) is 104 Å². The Balaban J connectivity index is 1.14. The minimum Gasteiger partial charge on any atom is -0.310 e. The highest BCUT2D eigenvalue weighted by Gasteiger charge is 2.36. The molecular formula is C55H40N2. The summed E-state index contributed by atoms with van der Waals surface area (Å²) in [7, 11) is 0. The molecule has 1 aliphatic rings. The van der Waals surface area contributed by atoms with Crippen molar-refractivity contribution in [1.29, 1.82) is 0 Å². The maximum Gasteiger partial charge on any atom is 0.0568 e. The van der Waals surface area contributed by atoms with Crippen LogP contribution in [0, 0.1) is 0 Å². The SMILES string of the molecule is CC1(C)c2ccccc2-c2cc3c4c5ccccc5c(N(c5ccccc5)c5ccc(-c6ccc(-c7ccccc7)cc6)cc5)cc4n(-c4ccccc4)c3cc21. The fraction of sp³-hybridized carbons (Fsp3) is 0.0545. The monoisotopic (exact) mass is 728 g/mol. The zero-order valence-corrected chi connectivity index (χ0v) is 32.0. The summed E-state index contributed by atoms with van der Waals surface area (Å²) in [5, 5.41) is 5.01. The summed E-state index contributed by atoms with van der Waals surface area (Å²) < 4.78 is 2.49. The van der Waals surface area contributed by atoms with Gasteiger partial charge in [0.1, 0.15) is 0 Å². The van der Waals surface area contributed by atoms with Crippen LogP contribution in [0.5, 0.6) is 0 Å². The summed E-state index contributed by atoms with van der Waals surface area (Å²) in [5.74, 6) is 0. The van der Waals surface area contributed by atoms with Gasteiger partial charge in [-0.1, -0.05) is 166 Å². The molecule has 0 amide bonds. The Kier molecular flexibility index (Phi) is 7.55. The zero-order chi connectivity index (χ0) is 38.1. The Bertz CT molecular complexity index is 3100. The summed E-state index contributed by atoms with van der Waals surface area (Å²) in [6, 6.07) is 75.5. The molecule has 9 aromatic carbocycles. The molecule has 1 aliphatic carbocycles. The van der Waals surface area contributed by atoms with Crippen molar-refractivity contribution >= 4 is 49.6 Å². The average Bonchev–Trinajstić information content (AvgIpc) is 3.72. The molecule has 0 atom stereocenters. The van der Waals surface area contributed by atoms with Gasteiger partial charge in [0.15, 0.2) is 0 Å². The van der Waals surface area contributed by atoms with E-state index in [9.17, 15) is 0 Å². The van der Waals surface area contributed by atoms with Gasteiger partial charge in [0, 0.05) is 38.6 Å². The van der Waals surface area contributed by atoms with Crippen LogP contribution in [0.2, 0.25) is 0 Å². The number of benzene rings is 9. The topological polar surface area (TPSA) is 8.17 Å². The van der Waals surface area contributed by atoms with Crippen LogP contribution < -0.4 is 4.90 Å². The van der Waals surface area contributed by atoms with E-state index in [1.54, 1.807) is 0 Å². The van der Waals surface area contributed by atoms with Crippen molar-refractivity contribution in [3.05, 3.63) is 217 Å². The van der Waals surface area contributed by atoms with E-state index in [4.69, 9.17) is 0 Å².